The Morgan fingerprint density at radius 2 is 2.08 bits per heavy atom. The molecule has 0 radical (unpaired) electrons. The first kappa shape index (κ1) is 10.0. The van der Waals surface area contributed by atoms with E-state index in [-0.39, 0.29) is 0 Å². The lowest BCUT2D eigenvalue weighted by Gasteiger charge is -2.00. The van der Waals surface area contributed by atoms with Gasteiger partial charge in [0.25, 0.3) is 0 Å². The third kappa shape index (κ3) is 3.92. The van der Waals surface area contributed by atoms with E-state index in [0.717, 1.165) is 6.42 Å². The first-order valence-corrected chi connectivity index (χ1v) is 5.03. The highest BCUT2D eigenvalue weighted by Crippen LogP contribution is 2.07. The van der Waals surface area contributed by atoms with Gasteiger partial charge in [0.1, 0.15) is 5.82 Å². The molecule has 0 aliphatic rings. The molecular weight excluding hydrogens is 160 g/mol. The average molecular weight is 178 g/mol. The number of unbranched alkanes of at least 4 members (excludes halogenated alkanes) is 3. The zero-order valence-corrected chi connectivity index (χ0v) is 8.29. The molecule has 2 nitrogen and oxygen atoms in total. The van der Waals surface area contributed by atoms with Crippen LogP contribution in [0.25, 0.3) is 0 Å². The minimum atomic E-state index is 0.609. The van der Waals surface area contributed by atoms with Crippen molar-refractivity contribution in [1.82, 2.24) is 4.98 Å². The molecule has 0 bridgehead atoms. The molecule has 1 aromatic rings. The van der Waals surface area contributed by atoms with Crippen LogP contribution >= 0.6 is 0 Å². The van der Waals surface area contributed by atoms with Crippen molar-refractivity contribution in [2.45, 2.75) is 39.0 Å². The second-order valence-corrected chi connectivity index (χ2v) is 3.40. The van der Waals surface area contributed by atoms with Gasteiger partial charge in [-0.15, -0.1) is 0 Å². The zero-order chi connectivity index (χ0) is 9.52. The maximum absolute atomic E-state index is 5.49. The predicted molar refractivity (Wildman–Crippen MR) is 56.5 cm³/mol. The van der Waals surface area contributed by atoms with Gasteiger partial charge in [0.15, 0.2) is 0 Å². The summed E-state index contributed by atoms with van der Waals surface area (Å²) in [4.78, 5) is 4.06. The number of nitrogen functional groups attached to an aromatic ring is 1. The maximum atomic E-state index is 5.49. The smallest absolute Gasteiger partial charge is 0.123 e. The molecule has 0 aromatic carbocycles. The van der Waals surface area contributed by atoms with Gasteiger partial charge in [-0.2, -0.15) is 0 Å². The van der Waals surface area contributed by atoms with Crippen molar-refractivity contribution in [3.8, 4) is 0 Å². The van der Waals surface area contributed by atoms with Crippen LogP contribution in [0.1, 0.15) is 38.2 Å². The van der Waals surface area contributed by atoms with Crippen molar-refractivity contribution in [2.75, 3.05) is 5.73 Å². The molecule has 0 atom stereocenters. The molecular formula is C11H18N2. The molecule has 2 heteroatoms. The SMILES string of the molecule is CCCCCCc1ccc(N)nc1. The fraction of sp³-hybridized carbons (Fsp3) is 0.545. The Morgan fingerprint density at radius 1 is 1.23 bits per heavy atom. The van der Waals surface area contributed by atoms with Crippen molar-refractivity contribution in [3.05, 3.63) is 23.9 Å². The predicted octanol–water partition coefficient (Wildman–Crippen LogP) is 2.79. The summed E-state index contributed by atoms with van der Waals surface area (Å²) in [6.45, 7) is 2.23. The van der Waals surface area contributed by atoms with Gasteiger partial charge in [0, 0.05) is 6.20 Å². The topological polar surface area (TPSA) is 38.9 Å². The number of nitrogens with zero attached hydrogens (tertiary/aromatic N) is 1. The van der Waals surface area contributed by atoms with Crippen LogP contribution < -0.4 is 5.73 Å². The third-order valence-electron chi connectivity index (χ3n) is 2.17. The normalized spacial score (nSPS) is 10.2. The Bertz CT molecular complexity index is 228. The molecule has 0 aliphatic carbocycles. The number of hydrogen-bond acceptors (Lipinski definition) is 2. The van der Waals surface area contributed by atoms with Gasteiger partial charge in [0.2, 0.25) is 0 Å². The fourth-order valence-electron chi connectivity index (χ4n) is 1.34. The molecule has 0 amide bonds. The lowest BCUT2D eigenvalue weighted by molar-refractivity contribution is 0.666. The third-order valence-corrected chi connectivity index (χ3v) is 2.17. The Hall–Kier alpha value is -1.05. The Kier molecular flexibility index (Phi) is 4.30. The molecule has 2 N–H and O–H groups in total. The van der Waals surface area contributed by atoms with Gasteiger partial charge in [0.05, 0.1) is 0 Å². The van der Waals surface area contributed by atoms with E-state index in [1.807, 2.05) is 12.3 Å². The average Bonchev–Trinajstić information content (AvgIpc) is 2.15. The number of hydrogen-bond donors (Lipinski definition) is 1. The number of pyridine rings is 1. The molecule has 0 unspecified atom stereocenters. The number of rotatable bonds is 5. The largest absolute Gasteiger partial charge is 0.384 e. The van der Waals surface area contributed by atoms with Crippen molar-refractivity contribution in [1.29, 1.82) is 0 Å². The van der Waals surface area contributed by atoms with E-state index in [4.69, 9.17) is 5.73 Å². The van der Waals surface area contributed by atoms with Crippen LogP contribution in [-0.2, 0) is 6.42 Å². The van der Waals surface area contributed by atoms with Crippen LogP contribution in [0.2, 0.25) is 0 Å². The van der Waals surface area contributed by atoms with E-state index in [2.05, 4.69) is 18.0 Å². The van der Waals surface area contributed by atoms with Crippen molar-refractivity contribution in [3.63, 3.8) is 0 Å². The molecule has 72 valence electrons. The van der Waals surface area contributed by atoms with Gasteiger partial charge in [-0.25, -0.2) is 4.98 Å². The molecule has 0 saturated carbocycles. The highest BCUT2D eigenvalue weighted by Gasteiger charge is 1.93. The van der Waals surface area contributed by atoms with Crippen LogP contribution in [0, 0.1) is 0 Å². The summed E-state index contributed by atoms with van der Waals surface area (Å²) in [7, 11) is 0. The van der Waals surface area contributed by atoms with Crippen molar-refractivity contribution < 1.29 is 0 Å². The quantitative estimate of drug-likeness (QED) is 0.704. The molecule has 0 saturated heterocycles. The van der Waals surface area contributed by atoms with Crippen LogP contribution in [-0.4, -0.2) is 4.98 Å². The highest BCUT2D eigenvalue weighted by atomic mass is 14.8. The summed E-state index contributed by atoms with van der Waals surface area (Å²) in [5.74, 6) is 0.609. The minimum Gasteiger partial charge on any atom is -0.384 e. The molecule has 0 fully saturated rings. The standard InChI is InChI=1S/C11H18N2/c1-2-3-4-5-6-10-7-8-11(12)13-9-10/h7-9H,2-6H2,1H3,(H2,12,13). The first-order valence-electron chi connectivity index (χ1n) is 5.03. The second kappa shape index (κ2) is 5.57. The lowest BCUT2D eigenvalue weighted by atomic mass is 10.1. The number of nitrogens with two attached hydrogens (primary N) is 1. The highest BCUT2D eigenvalue weighted by molar-refractivity contribution is 5.29. The summed E-state index contributed by atoms with van der Waals surface area (Å²) in [6.07, 6.45) is 8.22. The molecule has 0 spiro atoms. The Balaban J connectivity index is 2.25. The zero-order valence-electron chi connectivity index (χ0n) is 8.29. The van der Waals surface area contributed by atoms with Gasteiger partial charge < -0.3 is 5.73 Å². The number of anilines is 1. The van der Waals surface area contributed by atoms with Crippen molar-refractivity contribution in [2.24, 2.45) is 0 Å². The Morgan fingerprint density at radius 3 is 2.69 bits per heavy atom. The Labute approximate surface area is 80.2 Å². The van der Waals surface area contributed by atoms with Gasteiger partial charge in [-0.1, -0.05) is 32.3 Å². The fourth-order valence-corrected chi connectivity index (χ4v) is 1.34. The maximum Gasteiger partial charge on any atom is 0.123 e. The van der Waals surface area contributed by atoms with E-state index in [0.29, 0.717) is 5.82 Å². The molecule has 13 heavy (non-hydrogen) atoms. The number of aromatic nitrogens is 1. The number of aryl methyl sites for hydroxylation is 1. The summed E-state index contributed by atoms with van der Waals surface area (Å²) in [6, 6.07) is 3.93. The minimum absolute atomic E-state index is 0.609. The summed E-state index contributed by atoms with van der Waals surface area (Å²) in [5, 5.41) is 0. The van der Waals surface area contributed by atoms with E-state index in [9.17, 15) is 0 Å². The van der Waals surface area contributed by atoms with Crippen molar-refractivity contribution >= 4 is 5.82 Å². The van der Waals surface area contributed by atoms with Crippen LogP contribution in [0.15, 0.2) is 18.3 Å². The second-order valence-electron chi connectivity index (χ2n) is 3.40. The van der Waals surface area contributed by atoms with Crippen LogP contribution in [0.4, 0.5) is 5.82 Å². The van der Waals surface area contributed by atoms with E-state index >= 15 is 0 Å². The van der Waals surface area contributed by atoms with E-state index < -0.39 is 0 Å². The van der Waals surface area contributed by atoms with Crippen LogP contribution in [0.5, 0.6) is 0 Å². The summed E-state index contributed by atoms with van der Waals surface area (Å²) >= 11 is 0. The van der Waals surface area contributed by atoms with Gasteiger partial charge >= 0.3 is 0 Å². The van der Waals surface area contributed by atoms with Crippen LogP contribution in [0.3, 0.4) is 0 Å². The molecule has 0 aliphatic heterocycles. The lowest BCUT2D eigenvalue weighted by Crippen LogP contribution is -1.91. The van der Waals surface area contributed by atoms with E-state index in [1.165, 1.54) is 31.2 Å². The monoisotopic (exact) mass is 178 g/mol. The van der Waals surface area contributed by atoms with Gasteiger partial charge in [-0.3, -0.25) is 0 Å². The molecule has 1 rings (SSSR count). The first-order chi connectivity index (χ1) is 6.33. The summed E-state index contributed by atoms with van der Waals surface area (Å²) < 4.78 is 0. The van der Waals surface area contributed by atoms with Gasteiger partial charge in [-0.05, 0) is 24.5 Å². The molecule has 1 aromatic heterocycles. The van der Waals surface area contributed by atoms with E-state index in [1.54, 1.807) is 0 Å². The summed E-state index contributed by atoms with van der Waals surface area (Å²) in [5.41, 5.74) is 6.79. The molecule has 1 heterocycles.